The van der Waals surface area contributed by atoms with Crippen LogP contribution in [0.2, 0.25) is 0 Å². The fraction of sp³-hybridized carbons (Fsp3) is 0. The molecule has 5 heterocycles. The van der Waals surface area contributed by atoms with Gasteiger partial charge in [0.15, 0.2) is 0 Å². The molecule has 0 aliphatic heterocycles. The molecule has 6 nitrogen and oxygen atoms in total. The number of nitrogens with zero attached hydrogens (tertiary/aromatic N) is 6. The Bertz CT molecular complexity index is 6210. The molecule has 19 aromatic rings. The lowest BCUT2D eigenvalue weighted by Gasteiger charge is -2.16. The highest BCUT2D eigenvalue weighted by atomic mass is 15.2. The Labute approximate surface area is 542 Å². The maximum Gasteiger partial charge on any atom is 0.235 e. The summed E-state index contributed by atoms with van der Waals surface area (Å²) in [5.74, 6) is 0.581. The predicted molar refractivity (Wildman–Crippen MR) is 392 cm³/mol. The van der Waals surface area contributed by atoms with E-state index in [0.717, 1.165) is 117 Å². The molecule has 0 radical (unpaired) electrons. The Morgan fingerprint density at radius 3 is 1.07 bits per heavy atom. The maximum absolute atomic E-state index is 5.79. The first kappa shape index (κ1) is 53.2. The van der Waals surface area contributed by atoms with Crippen LogP contribution in [0, 0.1) is 0 Å². The van der Waals surface area contributed by atoms with Gasteiger partial charge in [-0.25, -0.2) is 9.97 Å². The smallest absolute Gasteiger partial charge is 0.235 e. The molecule has 5 aromatic heterocycles. The molecular formula is C88H56N6. The van der Waals surface area contributed by atoms with Gasteiger partial charge in [-0.15, -0.1) is 0 Å². The minimum Gasteiger partial charge on any atom is -0.309 e. The summed E-state index contributed by atoms with van der Waals surface area (Å²) in [6.07, 6.45) is 0. The quantitative estimate of drug-likeness (QED) is 0.137. The van der Waals surface area contributed by atoms with E-state index in [-0.39, 0.29) is 0 Å². The monoisotopic (exact) mass is 1200 g/mol. The van der Waals surface area contributed by atoms with Crippen molar-refractivity contribution in [2.24, 2.45) is 0 Å². The van der Waals surface area contributed by atoms with E-state index >= 15 is 0 Å². The van der Waals surface area contributed by atoms with Crippen LogP contribution < -0.4 is 0 Å². The Hall–Kier alpha value is -12.6. The van der Waals surface area contributed by atoms with Crippen LogP contribution in [-0.2, 0) is 0 Å². The van der Waals surface area contributed by atoms with E-state index in [9.17, 15) is 0 Å². The van der Waals surface area contributed by atoms with Crippen molar-refractivity contribution in [2.45, 2.75) is 0 Å². The normalized spacial score (nSPS) is 11.8. The summed E-state index contributed by atoms with van der Waals surface area (Å²) < 4.78 is 9.48. The Kier molecular flexibility index (Phi) is 12.2. The first-order valence-electron chi connectivity index (χ1n) is 32.1. The van der Waals surface area contributed by atoms with Crippen LogP contribution in [0.4, 0.5) is 0 Å². The number of hydrogen-bond donors (Lipinski definition) is 0. The molecule has 0 atom stereocenters. The van der Waals surface area contributed by atoms with Crippen molar-refractivity contribution in [1.82, 2.24) is 28.2 Å². The molecule has 94 heavy (non-hydrogen) atoms. The molecule has 0 unspecified atom stereocenters. The first-order valence-corrected chi connectivity index (χ1v) is 32.1. The van der Waals surface area contributed by atoms with E-state index in [1.165, 1.54) is 54.4 Å². The lowest BCUT2D eigenvalue weighted by Crippen LogP contribution is -2.05. The third-order valence-corrected chi connectivity index (χ3v) is 19.2. The second-order valence-corrected chi connectivity index (χ2v) is 24.5. The molecule has 0 fully saturated rings. The summed E-state index contributed by atoms with van der Waals surface area (Å²) in [6.45, 7) is 0. The SMILES string of the molecule is c1ccc(-c2ccc(-c3ccccc3)c(-c3cc(-c4cccc(-n5c6ccccc6c6ccc(-c7ccc8c(c7)c7ccccc7n8-c7ccccc7)cc65)c4)nc(-n4c5ccccc5c5ccc(-c6ccc7c(c6)c6ccccc6n7-c6ccccc6)cc54)n3)c2)cc1. The van der Waals surface area contributed by atoms with E-state index in [1.807, 2.05) is 0 Å². The first-order chi connectivity index (χ1) is 46.6. The summed E-state index contributed by atoms with van der Waals surface area (Å²) in [5, 5.41) is 9.50. The third kappa shape index (κ3) is 8.58. The van der Waals surface area contributed by atoms with E-state index in [1.54, 1.807) is 0 Å². The summed E-state index contributed by atoms with van der Waals surface area (Å²) in [6, 6.07) is 123. The topological polar surface area (TPSA) is 45.5 Å². The van der Waals surface area contributed by atoms with E-state index in [4.69, 9.17) is 9.97 Å². The second kappa shape index (κ2) is 21.5. The van der Waals surface area contributed by atoms with E-state index < -0.39 is 0 Å². The molecule has 0 aliphatic carbocycles. The zero-order valence-electron chi connectivity index (χ0n) is 51.0. The summed E-state index contributed by atoms with van der Waals surface area (Å²) in [4.78, 5) is 11.6. The summed E-state index contributed by atoms with van der Waals surface area (Å²) >= 11 is 0. The van der Waals surface area contributed by atoms with Crippen molar-refractivity contribution in [1.29, 1.82) is 0 Å². The zero-order valence-corrected chi connectivity index (χ0v) is 51.0. The van der Waals surface area contributed by atoms with E-state index in [2.05, 4.69) is 358 Å². The highest BCUT2D eigenvalue weighted by Gasteiger charge is 2.23. The minimum absolute atomic E-state index is 0.581. The maximum atomic E-state index is 5.79. The molecule has 14 aromatic carbocycles. The molecule has 0 N–H and O–H groups in total. The van der Waals surface area contributed by atoms with Crippen molar-refractivity contribution < 1.29 is 0 Å². The lowest BCUT2D eigenvalue weighted by molar-refractivity contribution is 0.995. The van der Waals surface area contributed by atoms with Gasteiger partial charge < -0.3 is 13.7 Å². The average Bonchev–Trinajstić information content (AvgIpc) is 1.61. The summed E-state index contributed by atoms with van der Waals surface area (Å²) in [5.41, 5.74) is 24.9. The number of rotatable bonds is 10. The van der Waals surface area contributed by atoms with Gasteiger partial charge in [-0.2, -0.15) is 0 Å². The number of hydrogen-bond acceptors (Lipinski definition) is 2. The van der Waals surface area contributed by atoms with Crippen LogP contribution in [0.3, 0.4) is 0 Å². The molecule has 0 saturated heterocycles. The molecule has 0 saturated carbocycles. The molecule has 19 rings (SSSR count). The van der Waals surface area contributed by atoms with Gasteiger partial charge in [-0.3, -0.25) is 4.57 Å². The highest BCUT2D eigenvalue weighted by molar-refractivity contribution is 6.15. The van der Waals surface area contributed by atoms with Crippen LogP contribution >= 0.6 is 0 Å². The Morgan fingerprint density at radius 2 is 0.532 bits per heavy atom. The van der Waals surface area contributed by atoms with Crippen LogP contribution in [0.25, 0.3) is 177 Å². The van der Waals surface area contributed by atoms with Gasteiger partial charge in [0.2, 0.25) is 5.95 Å². The second-order valence-electron chi connectivity index (χ2n) is 24.5. The molecule has 0 aliphatic rings. The van der Waals surface area contributed by atoms with Crippen molar-refractivity contribution in [3.63, 3.8) is 0 Å². The molecule has 438 valence electrons. The standard InChI is InChI=1S/C88H56N6/c1-5-22-57(23-6-1)59-40-45-68(58-24-7-2-8-25-58)75(51-59)79-56-78(89-88(90-79)94-83-39-20-14-33-70(83)74-47-42-63(55-87(74)94)61-44-49-85-77(53-61)72-35-16-19-38-82(72)92(85)66-29-11-4-12-30-66)64-26-21-31-67(50-64)93-80-36-17-13-32-69(80)73-46-41-62(54-86(73)93)60-43-48-84-76(52-60)71-34-15-18-37-81(71)91(84)65-27-9-3-10-28-65/h1-56H. The zero-order chi connectivity index (χ0) is 61.8. The Balaban J connectivity index is 0.810. The molecule has 0 amide bonds. The van der Waals surface area contributed by atoms with Gasteiger partial charge in [0.25, 0.3) is 0 Å². The molecule has 0 spiro atoms. The molecule has 0 bridgehead atoms. The summed E-state index contributed by atoms with van der Waals surface area (Å²) in [7, 11) is 0. The minimum atomic E-state index is 0.581. The van der Waals surface area contributed by atoms with Crippen molar-refractivity contribution in [3.05, 3.63) is 340 Å². The van der Waals surface area contributed by atoms with Gasteiger partial charge in [0.05, 0.1) is 55.5 Å². The molecular weight excluding hydrogens is 1140 g/mol. The van der Waals surface area contributed by atoms with Crippen LogP contribution in [0.1, 0.15) is 0 Å². The van der Waals surface area contributed by atoms with Crippen molar-refractivity contribution in [2.75, 3.05) is 0 Å². The Morgan fingerprint density at radius 1 is 0.170 bits per heavy atom. The number of fused-ring (bicyclic) bond motifs is 12. The van der Waals surface area contributed by atoms with Gasteiger partial charge in [-0.05, 0) is 154 Å². The lowest BCUT2D eigenvalue weighted by atomic mass is 9.92. The predicted octanol–water partition coefficient (Wildman–Crippen LogP) is 22.9. The fourth-order valence-corrected chi connectivity index (χ4v) is 14.9. The van der Waals surface area contributed by atoms with Crippen molar-refractivity contribution in [3.8, 4) is 90.0 Å². The number of benzene rings is 14. The van der Waals surface area contributed by atoms with Gasteiger partial charge >= 0.3 is 0 Å². The van der Waals surface area contributed by atoms with Crippen LogP contribution in [-0.4, -0.2) is 28.2 Å². The van der Waals surface area contributed by atoms with Crippen molar-refractivity contribution >= 4 is 87.2 Å². The van der Waals surface area contributed by atoms with Crippen LogP contribution in [0.15, 0.2) is 340 Å². The fourth-order valence-electron chi connectivity index (χ4n) is 14.9. The molecule has 6 heteroatoms. The largest absolute Gasteiger partial charge is 0.309 e. The number of para-hydroxylation sites is 6. The average molecular weight is 1200 g/mol. The number of aromatic nitrogens is 6. The van der Waals surface area contributed by atoms with Gasteiger partial charge in [0.1, 0.15) is 0 Å². The van der Waals surface area contributed by atoms with Gasteiger partial charge in [0, 0.05) is 71.3 Å². The van der Waals surface area contributed by atoms with Gasteiger partial charge in [-0.1, -0.05) is 231 Å². The van der Waals surface area contributed by atoms with E-state index in [0.29, 0.717) is 5.95 Å². The highest BCUT2D eigenvalue weighted by Crippen LogP contribution is 2.43. The third-order valence-electron chi connectivity index (χ3n) is 19.2. The van der Waals surface area contributed by atoms with Crippen LogP contribution in [0.5, 0.6) is 0 Å².